The van der Waals surface area contributed by atoms with Crippen molar-refractivity contribution in [1.82, 2.24) is 0 Å². The normalized spacial score (nSPS) is 12.5. The minimum atomic E-state index is -3.71. The maximum absolute atomic E-state index is 12.7. The predicted octanol–water partition coefficient (Wildman–Crippen LogP) is -6.27. The van der Waals surface area contributed by atoms with Gasteiger partial charge in [-0.15, -0.1) is 0 Å². The van der Waals surface area contributed by atoms with Crippen molar-refractivity contribution in [2.45, 2.75) is 45.8 Å². The highest BCUT2D eigenvalue weighted by molar-refractivity contribution is 7.76. The van der Waals surface area contributed by atoms with Gasteiger partial charge in [-0.2, -0.15) is 0 Å². The van der Waals surface area contributed by atoms with Crippen LogP contribution in [0.4, 0.5) is 0 Å². The van der Waals surface area contributed by atoms with E-state index in [0.29, 0.717) is 0 Å². The van der Waals surface area contributed by atoms with Crippen LogP contribution in [-0.2, 0) is 65.9 Å². The van der Waals surface area contributed by atoms with Crippen molar-refractivity contribution in [1.29, 1.82) is 0 Å². The first-order valence-electron chi connectivity index (χ1n) is 11.6. The second-order valence-corrected chi connectivity index (χ2v) is 92.2. The van der Waals surface area contributed by atoms with Crippen LogP contribution in [0.2, 0.25) is 45.8 Å². The summed E-state index contributed by atoms with van der Waals surface area (Å²) in [7, 11) is -53.3. The van der Waals surface area contributed by atoms with Crippen molar-refractivity contribution in [3.8, 4) is 0 Å². The van der Waals surface area contributed by atoms with Crippen LogP contribution in [-0.4, -0.2) is 146 Å². The first-order chi connectivity index (χ1) is 18.2. The molecule has 0 aliphatic carbocycles. The van der Waals surface area contributed by atoms with Crippen LogP contribution in [0.5, 0.6) is 0 Å². The molecule has 0 bridgehead atoms. The molecule has 40 heavy (non-hydrogen) atoms. The maximum atomic E-state index is 12.7. The second-order valence-electron chi connectivity index (χ2n) is 9.16. The second kappa shape index (κ2) is 19.0. The standard InChI is InChI=1S/C7H28O15Si18/c1-25(2)20-23-28(8)31(11)34(14)33(13)30(10)27(5)21-24-29(9)32(12)35(15)36(16)37(17)38(18)39(19)40(6,7)22-26(3)4/h25-27H,23-24H2,1-7H3. The average molecular weight is 858 g/mol. The summed E-state index contributed by atoms with van der Waals surface area (Å²) in [4.78, 5) is 0. The highest BCUT2D eigenvalue weighted by Gasteiger charge is 2.52. The Morgan fingerprint density at radius 2 is 0.875 bits per heavy atom. The van der Waals surface area contributed by atoms with E-state index in [1.54, 1.807) is 13.1 Å². The number of hydrogen-bond acceptors (Lipinski definition) is 15. The van der Waals surface area contributed by atoms with E-state index < -0.39 is 146 Å². The van der Waals surface area contributed by atoms with Gasteiger partial charge in [0, 0.05) is 0 Å². The Morgan fingerprint density at radius 3 is 1.30 bits per heavy atom. The third-order valence-electron chi connectivity index (χ3n) is 4.63. The summed E-state index contributed by atoms with van der Waals surface area (Å²) in [6.07, 6.45) is 0. The van der Waals surface area contributed by atoms with Crippen molar-refractivity contribution in [2.24, 2.45) is 0 Å². The summed E-state index contributed by atoms with van der Waals surface area (Å²) in [5.41, 5.74) is 0. The highest BCUT2D eigenvalue weighted by Crippen LogP contribution is 2.07. The van der Waals surface area contributed by atoms with Crippen molar-refractivity contribution >= 4 is 146 Å². The molecule has 33 heteroatoms. The van der Waals surface area contributed by atoms with E-state index in [4.69, 9.17) is 12.3 Å². The molecule has 0 saturated carbocycles. The molecule has 0 aromatic heterocycles. The monoisotopic (exact) mass is 856 g/mol. The van der Waals surface area contributed by atoms with Gasteiger partial charge in [0.1, 0.15) is 0 Å². The van der Waals surface area contributed by atoms with E-state index in [-0.39, 0.29) is 0 Å². The summed E-state index contributed by atoms with van der Waals surface area (Å²) in [5.74, 6) is 0. The third-order valence-corrected chi connectivity index (χ3v) is 128. The van der Waals surface area contributed by atoms with Gasteiger partial charge >= 0.3 is 92.6 Å². The van der Waals surface area contributed by atoms with E-state index >= 15 is 0 Å². The Kier molecular flexibility index (Phi) is 19.7. The smallest absolute Gasteiger partial charge is 0.381 e. The van der Waals surface area contributed by atoms with Gasteiger partial charge in [-0.3, -0.25) is 0 Å². The van der Waals surface area contributed by atoms with Gasteiger partial charge in [0.25, 0.3) is 0 Å². The van der Waals surface area contributed by atoms with E-state index in [2.05, 4.69) is 0 Å². The molecule has 1 unspecified atom stereocenters. The molecule has 1 atom stereocenters. The van der Waals surface area contributed by atoms with Crippen molar-refractivity contribution in [3.05, 3.63) is 0 Å². The Labute approximate surface area is 255 Å². The zero-order valence-corrected chi connectivity index (χ0v) is 42.1. The van der Waals surface area contributed by atoms with Crippen LogP contribution in [0.15, 0.2) is 0 Å². The predicted molar refractivity (Wildman–Crippen MR) is 166 cm³/mol. The van der Waals surface area contributed by atoms with Crippen LogP contribution in [0.1, 0.15) is 0 Å². The van der Waals surface area contributed by atoms with Gasteiger partial charge in [0.15, 0.2) is 18.1 Å². The maximum Gasteiger partial charge on any atom is 0.381 e. The van der Waals surface area contributed by atoms with Crippen molar-refractivity contribution in [2.75, 3.05) is 0 Å². The van der Waals surface area contributed by atoms with E-state index in [0.717, 1.165) is 0 Å². The van der Waals surface area contributed by atoms with Gasteiger partial charge in [-0.25, -0.2) is 0 Å². The molecule has 0 N–H and O–H groups in total. The van der Waals surface area contributed by atoms with Crippen LogP contribution < -0.4 is 0 Å². The Hall–Kier alpha value is 1.38. The largest absolute Gasteiger partial charge is 0.460 e. The molecule has 0 rings (SSSR count). The summed E-state index contributed by atoms with van der Waals surface area (Å²) in [6.45, 7) is 11.6. The first-order valence-corrected chi connectivity index (χ1v) is 57.2. The molecule has 0 aromatic carbocycles. The van der Waals surface area contributed by atoms with E-state index in [1.807, 2.05) is 13.1 Å². The summed E-state index contributed by atoms with van der Waals surface area (Å²) < 4.78 is 166. The quantitative estimate of drug-likeness (QED) is 0.104. The molecular formula is C7H28O15Si18. The Bertz CT molecular complexity index is 1200. The fourth-order valence-corrected chi connectivity index (χ4v) is 175. The molecule has 218 valence electrons. The van der Waals surface area contributed by atoms with Crippen molar-refractivity contribution in [3.63, 3.8) is 0 Å². The topological polar surface area (TPSA) is 233 Å². The van der Waals surface area contributed by atoms with Gasteiger partial charge in [-0.1, -0.05) is 0 Å². The Balaban J connectivity index is 5.18. The highest BCUT2D eigenvalue weighted by atomic mass is 30.0. The van der Waals surface area contributed by atoms with Crippen LogP contribution in [0.3, 0.4) is 0 Å². The fourth-order valence-electron chi connectivity index (χ4n) is 2.63. The van der Waals surface area contributed by atoms with Gasteiger partial charge < -0.3 is 65.9 Å². The minimum absolute atomic E-state index is 1.31. The molecule has 0 saturated heterocycles. The fraction of sp³-hybridized carbons (Fsp3) is 1.00. The average Bonchev–Trinajstić information content (AvgIpc) is 2.88. The molecule has 0 aliphatic heterocycles. The molecule has 0 amide bonds. The zero-order chi connectivity index (χ0) is 31.7. The number of hydrogen-bond donors (Lipinski definition) is 0. The summed E-state index contributed by atoms with van der Waals surface area (Å²) >= 11 is 0. The summed E-state index contributed by atoms with van der Waals surface area (Å²) in [6, 6.07) is 0. The Morgan fingerprint density at radius 1 is 0.500 bits per heavy atom. The van der Waals surface area contributed by atoms with Crippen LogP contribution >= 0.6 is 0 Å². The molecule has 0 aromatic rings. The van der Waals surface area contributed by atoms with Gasteiger partial charge in [-0.05, 0) is 45.8 Å². The van der Waals surface area contributed by atoms with Gasteiger partial charge in [0.05, 0.1) is 0 Å². The molecule has 0 spiro atoms. The van der Waals surface area contributed by atoms with E-state index in [1.165, 1.54) is 19.6 Å². The SMILES string of the molecule is C[SiH](C)O[SiH2][Si](=O)[Si](=O)[Si](=O)[Si](=O)[Si](=O)[SiH](C)O[SiH2][Si](=O)[Si](=O)[Si](=O)[Si](=O)[Si](=O)[Si](=O)[Si](=O)[Si](C)(C)O[SiH](C)C. The molecule has 0 aliphatic rings. The van der Waals surface area contributed by atoms with Crippen molar-refractivity contribution < 1.29 is 65.9 Å². The summed E-state index contributed by atoms with van der Waals surface area (Å²) in [5, 5.41) is 0. The lowest BCUT2D eigenvalue weighted by molar-refractivity contribution is 0.533. The van der Waals surface area contributed by atoms with E-state index in [9.17, 15) is 53.5 Å². The lowest BCUT2D eigenvalue weighted by atomic mass is 11.9. The minimum Gasteiger partial charge on any atom is -0.460 e. The number of rotatable bonds is 20. The van der Waals surface area contributed by atoms with Crippen LogP contribution in [0.25, 0.3) is 0 Å². The molecule has 15 nitrogen and oxygen atoms in total. The van der Waals surface area contributed by atoms with Crippen LogP contribution in [0, 0.1) is 0 Å². The molecule has 0 radical (unpaired) electrons. The first kappa shape index (κ1) is 41.4. The lowest BCUT2D eigenvalue weighted by Crippen LogP contribution is -2.57. The van der Waals surface area contributed by atoms with Gasteiger partial charge in [0.2, 0.25) is 35.0 Å². The molecular weight excluding hydrogens is 830 g/mol. The molecule has 0 fully saturated rings. The lowest BCUT2D eigenvalue weighted by Gasteiger charge is -2.21. The zero-order valence-electron chi connectivity index (χ0n) is 22.8. The third kappa shape index (κ3) is 13.2. The molecule has 0 heterocycles.